The zero-order valence-corrected chi connectivity index (χ0v) is 12.2. The van der Waals surface area contributed by atoms with Crippen LogP contribution in [0.3, 0.4) is 0 Å². The second kappa shape index (κ2) is 8.76. The predicted octanol–water partition coefficient (Wildman–Crippen LogP) is 2.59. The molecular formula is C13H27ClN2O. The standard InChI is InChI=1S/C13H26N2O.ClH/c1-11(2)15(12-7-4-5-8-12)13(16)9-6-10-14-3;/h11-12,14H,4-10H2,1-3H3;1H. The lowest BCUT2D eigenvalue weighted by Crippen LogP contribution is -2.43. The number of nitrogens with zero attached hydrogens (tertiary/aromatic N) is 1. The summed E-state index contributed by atoms with van der Waals surface area (Å²) in [5.41, 5.74) is 0. The van der Waals surface area contributed by atoms with E-state index in [0.717, 1.165) is 13.0 Å². The van der Waals surface area contributed by atoms with Crippen molar-refractivity contribution >= 4 is 18.3 Å². The van der Waals surface area contributed by atoms with Gasteiger partial charge in [-0.3, -0.25) is 4.79 Å². The van der Waals surface area contributed by atoms with E-state index in [0.29, 0.717) is 24.4 Å². The first-order chi connectivity index (χ1) is 7.66. The Balaban J connectivity index is 0.00000256. The number of carbonyl (C=O) groups is 1. The van der Waals surface area contributed by atoms with Crippen molar-refractivity contribution in [3.05, 3.63) is 0 Å². The predicted molar refractivity (Wildman–Crippen MR) is 74.6 cm³/mol. The molecule has 102 valence electrons. The summed E-state index contributed by atoms with van der Waals surface area (Å²) in [4.78, 5) is 14.3. The third-order valence-corrected chi connectivity index (χ3v) is 3.38. The molecule has 0 unspecified atom stereocenters. The van der Waals surface area contributed by atoms with Crippen molar-refractivity contribution in [2.24, 2.45) is 0 Å². The maximum absolute atomic E-state index is 12.1. The molecule has 1 N–H and O–H groups in total. The molecule has 0 spiro atoms. The summed E-state index contributed by atoms with van der Waals surface area (Å²) in [5, 5.41) is 3.09. The molecule has 3 nitrogen and oxygen atoms in total. The van der Waals surface area contributed by atoms with Crippen LogP contribution in [0, 0.1) is 0 Å². The van der Waals surface area contributed by atoms with Crippen LogP contribution in [-0.2, 0) is 4.79 Å². The number of nitrogens with one attached hydrogen (secondary N) is 1. The molecule has 17 heavy (non-hydrogen) atoms. The highest BCUT2D eigenvalue weighted by Gasteiger charge is 2.27. The first kappa shape index (κ1) is 16.7. The average Bonchev–Trinajstić information content (AvgIpc) is 2.71. The van der Waals surface area contributed by atoms with Crippen LogP contribution in [0.25, 0.3) is 0 Å². The molecule has 4 heteroatoms. The number of amides is 1. The maximum Gasteiger partial charge on any atom is 0.223 e. The van der Waals surface area contributed by atoms with Crippen molar-refractivity contribution in [3.8, 4) is 0 Å². The van der Waals surface area contributed by atoms with Gasteiger partial charge in [-0.25, -0.2) is 0 Å². The van der Waals surface area contributed by atoms with E-state index < -0.39 is 0 Å². The molecule has 0 aromatic carbocycles. The number of hydrogen-bond acceptors (Lipinski definition) is 2. The molecule has 0 atom stereocenters. The Morgan fingerprint density at radius 1 is 1.35 bits per heavy atom. The summed E-state index contributed by atoms with van der Waals surface area (Å²) in [6.07, 6.45) is 6.63. The molecule has 0 saturated heterocycles. The summed E-state index contributed by atoms with van der Waals surface area (Å²) >= 11 is 0. The zero-order chi connectivity index (χ0) is 12.0. The first-order valence-corrected chi connectivity index (χ1v) is 6.62. The Morgan fingerprint density at radius 3 is 2.41 bits per heavy atom. The number of halogens is 1. The SMILES string of the molecule is CNCCCC(=O)N(C(C)C)C1CCCC1.Cl. The second-order valence-electron chi connectivity index (χ2n) is 5.04. The van der Waals surface area contributed by atoms with Gasteiger partial charge in [0, 0.05) is 18.5 Å². The third kappa shape index (κ3) is 5.26. The fraction of sp³-hybridized carbons (Fsp3) is 0.923. The van der Waals surface area contributed by atoms with Gasteiger partial charge in [0.05, 0.1) is 0 Å². The fourth-order valence-electron chi connectivity index (χ4n) is 2.64. The third-order valence-electron chi connectivity index (χ3n) is 3.38. The van der Waals surface area contributed by atoms with Crippen molar-refractivity contribution in [2.45, 2.75) is 64.5 Å². The molecule has 1 amide bonds. The molecule has 1 saturated carbocycles. The zero-order valence-electron chi connectivity index (χ0n) is 11.4. The van der Waals surface area contributed by atoms with E-state index in [2.05, 4.69) is 24.1 Å². The normalized spacial score (nSPS) is 16.0. The average molecular weight is 263 g/mol. The van der Waals surface area contributed by atoms with Gasteiger partial charge in [-0.1, -0.05) is 12.8 Å². The first-order valence-electron chi connectivity index (χ1n) is 6.62. The highest BCUT2D eigenvalue weighted by Crippen LogP contribution is 2.25. The lowest BCUT2D eigenvalue weighted by molar-refractivity contribution is -0.135. The van der Waals surface area contributed by atoms with E-state index in [1.165, 1.54) is 25.7 Å². The Bertz CT molecular complexity index is 215. The summed E-state index contributed by atoms with van der Waals surface area (Å²) in [6, 6.07) is 0.868. The fourth-order valence-corrected chi connectivity index (χ4v) is 2.64. The minimum atomic E-state index is 0. The van der Waals surface area contributed by atoms with Crippen LogP contribution < -0.4 is 5.32 Å². The van der Waals surface area contributed by atoms with Gasteiger partial charge in [-0.05, 0) is 46.7 Å². The van der Waals surface area contributed by atoms with Gasteiger partial charge in [0.1, 0.15) is 0 Å². The lowest BCUT2D eigenvalue weighted by Gasteiger charge is -2.33. The molecule has 0 aromatic rings. The maximum atomic E-state index is 12.1. The van der Waals surface area contributed by atoms with Crippen molar-refractivity contribution in [2.75, 3.05) is 13.6 Å². The second-order valence-corrected chi connectivity index (χ2v) is 5.04. The minimum Gasteiger partial charge on any atom is -0.337 e. The van der Waals surface area contributed by atoms with Gasteiger partial charge in [0.2, 0.25) is 5.91 Å². The molecule has 0 aromatic heterocycles. The van der Waals surface area contributed by atoms with Gasteiger partial charge >= 0.3 is 0 Å². The van der Waals surface area contributed by atoms with E-state index >= 15 is 0 Å². The molecule has 1 aliphatic rings. The Hall–Kier alpha value is -0.280. The molecule has 0 aliphatic heterocycles. The Labute approximate surface area is 112 Å². The minimum absolute atomic E-state index is 0. The van der Waals surface area contributed by atoms with Crippen molar-refractivity contribution in [1.29, 1.82) is 0 Å². The summed E-state index contributed by atoms with van der Waals surface area (Å²) in [7, 11) is 1.93. The molecule has 1 aliphatic carbocycles. The van der Waals surface area contributed by atoms with E-state index in [9.17, 15) is 4.79 Å². The number of rotatable bonds is 6. The van der Waals surface area contributed by atoms with E-state index in [1.807, 2.05) is 7.05 Å². The van der Waals surface area contributed by atoms with Crippen LogP contribution in [-0.4, -0.2) is 36.5 Å². The molecule has 0 heterocycles. The largest absolute Gasteiger partial charge is 0.337 e. The van der Waals surface area contributed by atoms with Gasteiger partial charge in [0.15, 0.2) is 0 Å². The highest BCUT2D eigenvalue weighted by atomic mass is 35.5. The van der Waals surface area contributed by atoms with Gasteiger partial charge in [0.25, 0.3) is 0 Å². The van der Waals surface area contributed by atoms with Crippen LogP contribution in [0.4, 0.5) is 0 Å². The van der Waals surface area contributed by atoms with Crippen LogP contribution in [0.15, 0.2) is 0 Å². The molecule has 1 rings (SSSR count). The summed E-state index contributed by atoms with van der Waals surface area (Å²) in [5.74, 6) is 0.345. The van der Waals surface area contributed by atoms with Crippen LogP contribution >= 0.6 is 12.4 Å². The monoisotopic (exact) mass is 262 g/mol. The molecule has 0 radical (unpaired) electrons. The summed E-state index contributed by atoms with van der Waals surface area (Å²) < 4.78 is 0. The van der Waals surface area contributed by atoms with Crippen LogP contribution in [0.1, 0.15) is 52.4 Å². The van der Waals surface area contributed by atoms with Crippen molar-refractivity contribution in [3.63, 3.8) is 0 Å². The van der Waals surface area contributed by atoms with Gasteiger partial charge in [-0.15, -0.1) is 12.4 Å². The van der Waals surface area contributed by atoms with Crippen LogP contribution in [0.5, 0.6) is 0 Å². The molecule has 0 bridgehead atoms. The van der Waals surface area contributed by atoms with Crippen LogP contribution in [0.2, 0.25) is 0 Å². The summed E-state index contributed by atoms with van der Waals surface area (Å²) in [6.45, 7) is 5.20. The van der Waals surface area contributed by atoms with E-state index in [1.54, 1.807) is 0 Å². The lowest BCUT2D eigenvalue weighted by atomic mass is 10.1. The Kier molecular flexibility index (Phi) is 8.61. The Morgan fingerprint density at radius 2 is 1.94 bits per heavy atom. The molecule has 1 fully saturated rings. The van der Waals surface area contributed by atoms with Gasteiger partial charge < -0.3 is 10.2 Å². The molecular weight excluding hydrogens is 236 g/mol. The van der Waals surface area contributed by atoms with E-state index in [-0.39, 0.29) is 12.4 Å². The quantitative estimate of drug-likeness (QED) is 0.747. The highest BCUT2D eigenvalue weighted by molar-refractivity contribution is 5.85. The van der Waals surface area contributed by atoms with E-state index in [4.69, 9.17) is 0 Å². The number of hydrogen-bond donors (Lipinski definition) is 1. The smallest absolute Gasteiger partial charge is 0.223 e. The number of carbonyl (C=O) groups excluding carboxylic acids is 1. The topological polar surface area (TPSA) is 32.3 Å². The van der Waals surface area contributed by atoms with Crippen molar-refractivity contribution in [1.82, 2.24) is 10.2 Å². The van der Waals surface area contributed by atoms with Gasteiger partial charge in [-0.2, -0.15) is 0 Å². The van der Waals surface area contributed by atoms with Crippen molar-refractivity contribution < 1.29 is 4.79 Å².